The lowest BCUT2D eigenvalue weighted by atomic mass is 10.1. The van der Waals surface area contributed by atoms with Crippen LogP contribution in [0.1, 0.15) is 36.3 Å². The molecule has 1 aromatic carbocycles. The summed E-state index contributed by atoms with van der Waals surface area (Å²) in [6.45, 7) is 7.03. The molecule has 3 heteroatoms. The Morgan fingerprint density at radius 3 is 2.78 bits per heavy atom. The summed E-state index contributed by atoms with van der Waals surface area (Å²) in [6, 6.07) is 8.44. The first kappa shape index (κ1) is 12.8. The third-order valence-corrected chi connectivity index (χ3v) is 3.26. The Morgan fingerprint density at radius 1 is 1.33 bits per heavy atom. The van der Waals surface area contributed by atoms with Gasteiger partial charge in [0, 0.05) is 17.2 Å². The third kappa shape index (κ3) is 2.62. The molecule has 96 valence electrons. The molecule has 0 bridgehead atoms. The van der Waals surface area contributed by atoms with Gasteiger partial charge in [0.1, 0.15) is 5.82 Å². The number of hydrogen-bond acceptors (Lipinski definition) is 2. The van der Waals surface area contributed by atoms with Crippen molar-refractivity contribution in [2.45, 2.75) is 33.1 Å². The zero-order valence-electron chi connectivity index (χ0n) is 11.3. The molecule has 0 saturated heterocycles. The van der Waals surface area contributed by atoms with E-state index in [9.17, 15) is 0 Å². The van der Waals surface area contributed by atoms with Crippen molar-refractivity contribution in [3.05, 3.63) is 41.3 Å². The quantitative estimate of drug-likeness (QED) is 0.866. The molecule has 3 nitrogen and oxygen atoms in total. The van der Waals surface area contributed by atoms with Crippen molar-refractivity contribution in [3.8, 4) is 11.3 Å². The normalized spacial score (nSPS) is 12.7. The predicted molar refractivity (Wildman–Crippen MR) is 75.6 cm³/mol. The monoisotopic (exact) mass is 243 g/mol. The van der Waals surface area contributed by atoms with E-state index in [2.05, 4.69) is 50.0 Å². The Bertz CT molecular complexity index is 528. The Hall–Kier alpha value is -1.61. The second-order valence-electron chi connectivity index (χ2n) is 4.94. The van der Waals surface area contributed by atoms with Crippen molar-refractivity contribution >= 4 is 0 Å². The number of nitrogens with two attached hydrogens (primary N) is 1. The van der Waals surface area contributed by atoms with Crippen LogP contribution in [0.25, 0.3) is 11.3 Å². The van der Waals surface area contributed by atoms with E-state index in [1.165, 1.54) is 11.1 Å². The highest BCUT2D eigenvalue weighted by Crippen LogP contribution is 2.25. The van der Waals surface area contributed by atoms with E-state index in [1.54, 1.807) is 0 Å². The molecule has 1 aromatic heterocycles. The molecule has 0 fully saturated rings. The molecule has 0 radical (unpaired) electrons. The van der Waals surface area contributed by atoms with Crippen LogP contribution in [0, 0.1) is 13.8 Å². The van der Waals surface area contributed by atoms with Crippen molar-refractivity contribution in [1.82, 2.24) is 9.97 Å². The van der Waals surface area contributed by atoms with Crippen LogP contribution < -0.4 is 5.73 Å². The molecular formula is C15H21N3. The van der Waals surface area contributed by atoms with Crippen LogP contribution in [-0.2, 0) is 0 Å². The van der Waals surface area contributed by atoms with Crippen molar-refractivity contribution in [2.24, 2.45) is 5.73 Å². The van der Waals surface area contributed by atoms with Crippen molar-refractivity contribution in [3.63, 3.8) is 0 Å². The first-order valence-corrected chi connectivity index (χ1v) is 6.45. The van der Waals surface area contributed by atoms with Gasteiger partial charge in [-0.3, -0.25) is 0 Å². The first-order valence-electron chi connectivity index (χ1n) is 6.45. The molecule has 0 amide bonds. The summed E-state index contributed by atoms with van der Waals surface area (Å²) in [5, 5.41) is 0. The van der Waals surface area contributed by atoms with E-state index in [-0.39, 0.29) is 0 Å². The molecule has 2 aromatic rings. The van der Waals surface area contributed by atoms with Crippen LogP contribution in [0.5, 0.6) is 0 Å². The number of aromatic amines is 1. The molecular weight excluding hydrogens is 222 g/mol. The maximum absolute atomic E-state index is 5.60. The largest absolute Gasteiger partial charge is 0.345 e. The van der Waals surface area contributed by atoms with Gasteiger partial charge in [0.05, 0.1) is 5.69 Å². The zero-order chi connectivity index (χ0) is 13.1. The highest BCUT2D eigenvalue weighted by Gasteiger charge is 2.13. The second-order valence-corrected chi connectivity index (χ2v) is 4.94. The number of aromatic nitrogens is 2. The minimum absolute atomic E-state index is 0.382. The highest BCUT2D eigenvalue weighted by atomic mass is 14.9. The number of benzene rings is 1. The predicted octanol–water partition coefficient (Wildman–Crippen LogP) is 3.15. The van der Waals surface area contributed by atoms with Crippen LogP contribution in [0.4, 0.5) is 0 Å². The summed E-state index contributed by atoms with van der Waals surface area (Å²) in [7, 11) is 0. The molecule has 0 spiro atoms. The zero-order valence-corrected chi connectivity index (χ0v) is 11.3. The lowest BCUT2D eigenvalue weighted by Gasteiger charge is -2.05. The van der Waals surface area contributed by atoms with Crippen LogP contribution >= 0.6 is 0 Å². The Balaban J connectivity index is 2.35. The Labute approximate surface area is 108 Å². The molecule has 0 aliphatic carbocycles. The van der Waals surface area contributed by atoms with Gasteiger partial charge in [-0.2, -0.15) is 0 Å². The van der Waals surface area contributed by atoms with Crippen LogP contribution in [-0.4, -0.2) is 16.5 Å². The lowest BCUT2D eigenvalue weighted by Crippen LogP contribution is -2.05. The van der Waals surface area contributed by atoms with Gasteiger partial charge in [-0.05, 0) is 32.9 Å². The standard InChI is InChI=1S/C15H21N3/c1-10-5-4-6-13(9-10)14-12(3)17-15(18-14)11(2)7-8-16/h4-6,9,11H,7-8,16H2,1-3H3,(H,17,18). The van der Waals surface area contributed by atoms with E-state index >= 15 is 0 Å². The molecule has 0 saturated carbocycles. The molecule has 18 heavy (non-hydrogen) atoms. The van der Waals surface area contributed by atoms with Crippen molar-refractivity contribution < 1.29 is 0 Å². The first-order chi connectivity index (χ1) is 8.61. The molecule has 0 aliphatic heterocycles. The average Bonchev–Trinajstić information content (AvgIpc) is 2.72. The number of nitrogens with one attached hydrogen (secondary N) is 1. The maximum Gasteiger partial charge on any atom is 0.109 e. The van der Waals surface area contributed by atoms with E-state index < -0.39 is 0 Å². The molecule has 1 unspecified atom stereocenters. The fraction of sp³-hybridized carbons (Fsp3) is 0.400. The molecule has 0 aliphatic rings. The minimum Gasteiger partial charge on any atom is -0.345 e. The fourth-order valence-corrected chi connectivity index (χ4v) is 2.18. The molecule has 2 rings (SSSR count). The Morgan fingerprint density at radius 2 is 2.11 bits per heavy atom. The maximum atomic E-state index is 5.60. The van der Waals surface area contributed by atoms with Crippen LogP contribution in [0.3, 0.4) is 0 Å². The highest BCUT2D eigenvalue weighted by molar-refractivity contribution is 5.62. The SMILES string of the molecule is Cc1cccc(-c2nc(C(C)CCN)[nH]c2C)c1. The van der Waals surface area contributed by atoms with Crippen LogP contribution in [0.15, 0.2) is 24.3 Å². The number of aryl methyl sites for hydroxylation is 2. The lowest BCUT2D eigenvalue weighted by molar-refractivity contribution is 0.654. The summed E-state index contributed by atoms with van der Waals surface area (Å²) in [5.74, 6) is 1.42. The topological polar surface area (TPSA) is 54.7 Å². The van der Waals surface area contributed by atoms with Gasteiger partial charge in [0.2, 0.25) is 0 Å². The summed E-state index contributed by atoms with van der Waals surface area (Å²) in [6.07, 6.45) is 0.959. The fourth-order valence-electron chi connectivity index (χ4n) is 2.18. The van der Waals surface area contributed by atoms with Crippen molar-refractivity contribution in [2.75, 3.05) is 6.54 Å². The average molecular weight is 243 g/mol. The summed E-state index contributed by atoms with van der Waals surface area (Å²) in [4.78, 5) is 8.11. The number of nitrogens with zero attached hydrogens (tertiary/aromatic N) is 1. The summed E-state index contributed by atoms with van der Waals surface area (Å²) >= 11 is 0. The molecule has 3 N–H and O–H groups in total. The number of H-pyrrole nitrogens is 1. The third-order valence-electron chi connectivity index (χ3n) is 3.26. The van der Waals surface area contributed by atoms with E-state index in [1.807, 2.05) is 0 Å². The van der Waals surface area contributed by atoms with Gasteiger partial charge in [0.25, 0.3) is 0 Å². The van der Waals surface area contributed by atoms with Crippen LogP contribution in [0.2, 0.25) is 0 Å². The number of hydrogen-bond donors (Lipinski definition) is 2. The molecule has 1 atom stereocenters. The van der Waals surface area contributed by atoms with Gasteiger partial charge in [-0.25, -0.2) is 4.98 Å². The van der Waals surface area contributed by atoms with Gasteiger partial charge >= 0.3 is 0 Å². The van der Waals surface area contributed by atoms with Gasteiger partial charge in [-0.15, -0.1) is 0 Å². The number of rotatable bonds is 4. The smallest absolute Gasteiger partial charge is 0.109 e. The van der Waals surface area contributed by atoms with E-state index in [0.717, 1.165) is 23.6 Å². The summed E-state index contributed by atoms with van der Waals surface area (Å²) < 4.78 is 0. The Kier molecular flexibility index (Phi) is 3.82. The van der Waals surface area contributed by atoms with E-state index in [4.69, 9.17) is 10.7 Å². The van der Waals surface area contributed by atoms with E-state index in [0.29, 0.717) is 12.5 Å². The van der Waals surface area contributed by atoms with Gasteiger partial charge in [-0.1, -0.05) is 30.7 Å². The minimum atomic E-state index is 0.382. The summed E-state index contributed by atoms with van der Waals surface area (Å²) in [5.41, 5.74) is 10.2. The van der Waals surface area contributed by atoms with Gasteiger partial charge < -0.3 is 10.7 Å². The number of imidazole rings is 1. The molecule has 1 heterocycles. The second kappa shape index (κ2) is 5.36. The van der Waals surface area contributed by atoms with Gasteiger partial charge in [0.15, 0.2) is 0 Å². The van der Waals surface area contributed by atoms with Crippen molar-refractivity contribution in [1.29, 1.82) is 0 Å².